The van der Waals surface area contributed by atoms with Crippen LogP contribution in [-0.2, 0) is 13.6 Å². The summed E-state index contributed by atoms with van der Waals surface area (Å²) in [5, 5.41) is 6.22. The van der Waals surface area contributed by atoms with E-state index in [9.17, 15) is 4.79 Å². The first kappa shape index (κ1) is 15.1. The van der Waals surface area contributed by atoms with E-state index in [0.29, 0.717) is 12.1 Å². The number of hydrogen-bond donors (Lipinski definition) is 2. The zero-order chi connectivity index (χ0) is 15.2. The van der Waals surface area contributed by atoms with Gasteiger partial charge in [-0.2, -0.15) is 0 Å². The number of rotatable bonds is 6. The number of nitrogens with zero attached hydrogens (tertiary/aromatic N) is 2. The largest absolute Gasteiger partial charge is 0.385 e. The van der Waals surface area contributed by atoms with Gasteiger partial charge in [0.25, 0.3) is 5.91 Å². The highest BCUT2D eigenvalue weighted by Crippen LogP contribution is 2.15. The molecule has 2 rings (SSSR count). The van der Waals surface area contributed by atoms with Gasteiger partial charge < -0.3 is 15.2 Å². The van der Waals surface area contributed by atoms with Crippen LogP contribution in [0, 0.1) is 6.92 Å². The number of carbonyl (C=O) groups excluding carboxylic acids is 1. The Morgan fingerprint density at radius 2 is 2.19 bits per heavy atom. The van der Waals surface area contributed by atoms with Gasteiger partial charge in [-0.25, -0.2) is 4.98 Å². The molecule has 5 heteroatoms. The van der Waals surface area contributed by atoms with Crippen molar-refractivity contribution in [2.75, 3.05) is 11.9 Å². The smallest absolute Gasteiger partial charge is 0.251 e. The van der Waals surface area contributed by atoms with Crippen molar-refractivity contribution in [3.63, 3.8) is 0 Å². The minimum absolute atomic E-state index is 0.0717. The normalized spacial score (nSPS) is 10.4. The number of aromatic nitrogens is 2. The lowest BCUT2D eigenvalue weighted by molar-refractivity contribution is 0.0949. The Labute approximate surface area is 125 Å². The summed E-state index contributed by atoms with van der Waals surface area (Å²) in [6, 6.07) is 5.81. The van der Waals surface area contributed by atoms with Crippen molar-refractivity contribution in [3.8, 4) is 0 Å². The number of nitrogens with one attached hydrogen (secondary N) is 2. The predicted molar refractivity (Wildman–Crippen MR) is 84.3 cm³/mol. The molecule has 0 radical (unpaired) electrons. The lowest BCUT2D eigenvalue weighted by Gasteiger charge is -2.10. The predicted octanol–water partition coefficient (Wildman–Crippen LogP) is 2.48. The Morgan fingerprint density at radius 1 is 1.38 bits per heavy atom. The number of carbonyl (C=O) groups is 1. The van der Waals surface area contributed by atoms with Crippen LogP contribution in [0.5, 0.6) is 0 Å². The van der Waals surface area contributed by atoms with Crippen LogP contribution in [0.2, 0.25) is 0 Å². The Balaban J connectivity index is 2.00. The molecule has 0 aliphatic carbocycles. The van der Waals surface area contributed by atoms with E-state index < -0.39 is 0 Å². The fourth-order valence-corrected chi connectivity index (χ4v) is 2.12. The molecule has 0 fully saturated rings. The molecule has 0 aliphatic heterocycles. The maximum absolute atomic E-state index is 12.2. The standard InChI is InChI=1S/C16H22N4O/c1-4-7-17-13-5-6-14(12(2)10-13)16(21)19-11-15-18-8-9-20(15)3/h5-6,8-10,17H,4,7,11H2,1-3H3,(H,19,21). The highest BCUT2D eigenvalue weighted by Gasteiger charge is 2.10. The van der Waals surface area contributed by atoms with Gasteiger partial charge in [0.15, 0.2) is 0 Å². The lowest BCUT2D eigenvalue weighted by Crippen LogP contribution is -2.25. The number of amides is 1. The third-order valence-electron chi connectivity index (χ3n) is 3.38. The topological polar surface area (TPSA) is 59.0 Å². The van der Waals surface area contributed by atoms with Crippen molar-refractivity contribution in [1.29, 1.82) is 0 Å². The first-order chi connectivity index (χ1) is 10.1. The van der Waals surface area contributed by atoms with E-state index in [4.69, 9.17) is 0 Å². The third kappa shape index (κ3) is 3.84. The Bertz CT molecular complexity index is 618. The third-order valence-corrected chi connectivity index (χ3v) is 3.38. The Morgan fingerprint density at radius 3 is 2.81 bits per heavy atom. The van der Waals surface area contributed by atoms with Crippen LogP contribution in [0.1, 0.15) is 35.1 Å². The second-order valence-electron chi connectivity index (χ2n) is 5.09. The molecule has 1 amide bonds. The molecule has 112 valence electrons. The van der Waals surface area contributed by atoms with Crippen molar-refractivity contribution in [2.45, 2.75) is 26.8 Å². The van der Waals surface area contributed by atoms with Crippen molar-refractivity contribution in [3.05, 3.63) is 47.5 Å². The minimum atomic E-state index is -0.0717. The SMILES string of the molecule is CCCNc1ccc(C(=O)NCc2nccn2C)c(C)c1. The van der Waals surface area contributed by atoms with Crippen LogP contribution in [-0.4, -0.2) is 22.0 Å². The van der Waals surface area contributed by atoms with Crippen LogP contribution < -0.4 is 10.6 Å². The Hall–Kier alpha value is -2.30. The van der Waals surface area contributed by atoms with Gasteiger partial charge in [0.05, 0.1) is 6.54 Å². The van der Waals surface area contributed by atoms with E-state index in [2.05, 4.69) is 22.5 Å². The number of benzene rings is 1. The van der Waals surface area contributed by atoms with Gasteiger partial charge in [0.1, 0.15) is 5.82 Å². The van der Waals surface area contributed by atoms with E-state index >= 15 is 0 Å². The maximum atomic E-state index is 12.2. The van der Waals surface area contributed by atoms with E-state index in [0.717, 1.165) is 30.0 Å². The summed E-state index contributed by atoms with van der Waals surface area (Å²) in [7, 11) is 1.91. The molecular formula is C16H22N4O. The minimum Gasteiger partial charge on any atom is -0.385 e. The number of anilines is 1. The summed E-state index contributed by atoms with van der Waals surface area (Å²) >= 11 is 0. The van der Waals surface area contributed by atoms with Crippen molar-refractivity contribution in [2.24, 2.45) is 7.05 Å². The fraction of sp³-hybridized carbons (Fsp3) is 0.375. The molecule has 2 N–H and O–H groups in total. The monoisotopic (exact) mass is 286 g/mol. The first-order valence-corrected chi connectivity index (χ1v) is 7.20. The average molecular weight is 286 g/mol. The molecule has 0 spiro atoms. The van der Waals surface area contributed by atoms with E-state index in [1.165, 1.54) is 0 Å². The summed E-state index contributed by atoms with van der Waals surface area (Å²) in [5.74, 6) is 0.764. The highest BCUT2D eigenvalue weighted by molar-refractivity contribution is 5.96. The molecule has 0 saturated heterocycles. The van der Waals surface area contributed by atoms with Crippen LogP contribution in [0.25, 0.3) is 0 Å². The summed E-state index contributed by atoms with van der Waals surface area (Å²) < 4.78 is 1.89. The van der Waals surface area contributed by atoms with Gasteiger partial charge >= 0.3 is 0 Å². The summed E-state index contributed by atoms with van der Waals surface area (Å²) in [6.07, 6.45) is 4.66. The van der Waals surface area contributed by atoms with Gasteiger partial charge in [0, 0.05) is 37.2 Å². The molecular weight excluding hydrogens is 264 g/mol. The molecule has 1 heterocycles. The highest BCUT2D eigenvalue weighted by atomic mass is 16.1. The first-order valence-electron chi connectivity index (χ1n) is 7.20. The number of aryl methyl sites for hydroxylation is 2. The van der Waals surface area contributed by atoms with Gasteiger partial charge in [-0.15, -0.1) is 0 Å². The average Bonchev–Trinajstić information content (AvgIpc) is 2.88. The fourth-order valence-electron chi connectivity index (χ4n) is 2.12. The van der Waals surface area contributed by atoms with E-state index in [1.807, 2.05) is 42.9 Å². The molecule has 0 aliphatic rings. The van der Waals surface area contributed by atoms with Crippen LogP contribution in [0.4, 0.5) is 5.69 Å². The second-order valence-corrected chi connectivity index (χ2v) is 5.09. The van der Waals surface area contributed by atoms with Gasteiger partial charge in [0.2, 0.25) is 0 Å². The molecule has 2 aromatic rings. The number of imidazole rings is 1. The molecule has 0 unspecified atom stereocenters. The summed E-state index contributed by atoms with van der Waals surface area (Å²) in [4.78, 5) is 16.4. The van der Waals surface area contributed by atoms with Gasteiger partial charge in [-0.1, -0.05) is 6.92 Å². The van der Waals surface area contributed by atoms with Crippen LogP contribution in [0.15, 0.2) is 30.6 Å². The van der Waals surface area contributed by atoms with Crippen LogP contribution >= 0.6 is 0 Å². The van der Waals surface area contributed by atoms with Crippen molar-refractivity contribution < 1.29 is 4.79 Å². The van der Waals surface area contributed by atoms with E-state index in [-0.39, 0.29) is 5.91 Å². The lowest BCUT2D eigenvalue weighted by atomic mass is 10.1. The zero-order valence-corrected chi connectivity index (χ0v) is 12.8. The van der Waals surface area contributed by atoms with Crippen molar-refractivity contribution in [1.82, 2.24) is 14.9 Å². The molecule has 5 nitrogen and oxygen atoms in total. The quantitative estimate of drug-likeness (QED) is 0.857. The maximum Gasteiger partial charge on any atom is 0.251 e. The van der Waals surface area contributed by atoms with Crippen molar-refractivity contribution >= 4 is 11.6 Å². The zero-order valence-electron chi connectivity index (χ0n) is 12.8. The second kappa shape index (κ2) is 6.92. The summed E-state index contributed by atoms with van der Waals surface area (Å²) in [6.45, 7) is 5.44. The van der Waals surface area contributed by atoms with Crippen LogP contribution in [0.3, 0.4) is 0 Å². The summed E-state index contributed by atoms with van der Waals surface area (Å²) in [5.41, 5.74) is 2.72. The van der Waals surface area contributed by atoms with Gasteiger partial charge in [-0.3, -0.25) is 4.79 Å². The molecule has 1 aromatic heterocycles. The molecule has 21 heavy (non-hydrogen) atoms. The molecule has 1 aromatic carbocycles. The molecule has 0 saturated carbocycles. The van der Waals surface area contributed by atoms with E-state index in [1.54, 1.807) is 6.20 Å². The molecule has 0 bridgehead atoms. The van der Waals surface area contributed by atoms with Gasteiger partial charge in [-0.05, 0) is 37.1 Å². The Kier molecular flexibility index (Phi) is 4.98. The molecule has 0 atom stereocenters. The number of hydrogen-bond acceptors (Lipinski definition) is 3.